The van der Waals surface area contributed by atoms with E-state index >= 15 is 0 Å². The lowest BCUT2D eigenvalue weighted by molar-refractivity contribution is 0.185. The lowest BCUT2D eigenvalue weighted by Crippen LogP contribution is -2.44. The first-order valence-electron chi connectivity index (χ1n) is 5.58. The molecule has 18 heavy (non-hydrogen) atoms. The summed E-state index contributed by atoms with van der Waals surface area (Å²) in [5.74, 6) is -0.277. The van der Waals surface area contributed by atoms with E-state index in [2.05, 4.69) is 17.1 Å². The summed E-state index contributed by atoms with van der Waals surface area (Å²) in [5.41, 5.74) is 1.00. The van der Waals surface area contributed by atoms with Gasteiger partial charge in [0.15, 0.2) is 0 Å². The molecule has 6 heteroatoms. The number of piperazine rings is 1. The van der Waals surface area contributed by atoms with Crippen molar-refractivity contribution >= 4 is 36.4 Å². The topological polar surface area (TPSA) is 15.3 Å². The van der Waals surface area contributed by atoms with Gasteiger partial charge in [0.25, 0.3) is 0 Å². The van der Waals surface area contributed by atoms with E-state index in [-0.39, 0.29) is 36.7 Å². The monoisotopic (exact) mass is 314 g/mol. The Bertz CT molecular complexity index is 370. The van der Waals surface area contributed by atoms with Crippen molar-refractivity contribution in [1.29, 1.82) is 0 Å². The fourth-order valence-electron chi connectivity index (χ4n) is 2.11. The summed E-state index contributed by atoms with van der Waals surface area (Å²) in [7, 11) is 0. The van der Waals surface area contributed by atoms with Crippen molar-refractivity contribution in [1.82, 2.24) is 10.2 Å². The van der Waals surface area contributed by atoms with Crippen LogP contribution in [0.4, 0.5) is 4.39 Å². The van der Waals surface area contributed by atoms with Gasteiger partial charge in [-0.25, -0.2) is 4.39 Å². The number of rotatable bonds is 2. The van der Waals surface area contributed by atoms with Gasteiger partial charge in [-0.15, -0.1) is 24.8 Å². The van der Waals surface area contributed by atoms with Crippen LogP contribution in [0.2, 0.25) is 5.02 Å². The van der Waals surface area contributed by atoms with Crippen LogP contribution in [0.5, 0.6) is 0 Å². The van der Waals surface area contributed by atoms with Crippen LogP contribution in [0.25, 0.3) is 0 Å². The molecule has 1 saturated heterocycles. The van der Waals surface area contributed by atoms with Gasteiger partial charge in [-0.1, -0.05) is 17.7 Å². The molecule has 0 saturated carbocycles. The quantitative estimate of drug-likeness (QED) is 0.901. The molecule has 0 radical (unpaired) electrons. The number of benzene rings is 1. The number of nitrogens with zero attached hydrogens (tertiary/aromatic N) is 1. The Balaban J connectivity index is 0.00000144. The van der Waals surface area contributed by atoms with Crippen LogP contribution in [0.15, 0.2) is 18.2 Å². The molecule has 1 fully saturated rings. The van der Waals surface area contributed by atoms with Crippen LogP contribution in [0, 0.1) is 5.82 Å². The molecule has 1 N–H and O–H groups in total. The SMILES string of the molecule is C[C@@H](c1ccc(F)cc1Cl)N1CCNCC1.Cl.Cl. The molecular formula is C12H18Cl3FN2. The Morgan fingerprint density at radius 2 is 1.89 bits per heavy atom. The average Bonchev–Trinajstić information content (AvgIpc) is 2.29. The van der Waals surface area contributed by atoms with Gasteiger partial charge in [0.05, 0.1) is 0 Å². The molecule has 0 spiro atoms. The Morgan fingerprint density at radius 1 is 1.28 bits per heavy atom. The van der Waals surface area contributed by atoms with Gasteiger partial charge < -0.3 is 5.32 Å². The molecule has 2 nitrogen and oxygen atoms in total. The van der Waals surface area contributed by atoms with E-state index in [4.69, 9.17) is 11.6 Å². The molecular weight excluding hydrogens is 298 g/mol. The third kappa shape index (κ3) is 4.25. The van der Waals surface area contributed by atoms with Crippen molar-refractivity contribution < 1.29 is 4.39 Å². The van der Waals surface area contributed by atoms with E-state index in [1.165, 1.54) is 12.1 Å². The third-order valence-corrected chi connectivity index (χ3v) is 3.44. The van der Waals surface area contributed by atoms with E-state index in [9.17, 15) is 4.39 Å². The van der Waals surface area contributed by atoms with Crippen molar-refractivity contribution in [3.63, 3.8) is 0 Å². The predicted molar refractivity (Wildman–Crippen MR) is 78.8 cm³/mol. The van der Waals surface area contributed by atoms with Gasteiger partial charge in [0.2, 0.25) is 0 Å². The van der Waals surface area contributed by atoms with Crippen LogP contribution in [-0.4, -0.2) is 31.1 Å². The van der Waals surface area contributed by atoms with E-state index in [1.54, 1.807) is 6.07 Å². The number of nitrogens with one attached hydrogen (secondary N) is 1. The summed E-state index contributed by atoms with van der Waals surface area (Å²) in [6, 6.07) is 4.88. The molecule has 2 rings (SSSR count). The van der Waals surface area contributed by atoms with E-state index in [0.717, 1.165) is 31.7 Å². The minimum absolute atomic E-state index is 0. The highest BCUT2D eigenvalue weighted by molar-refractivity contribution is 6.31. The molecule has 0 bridgehead atoms. The largest absolute Gasteiger partial charge is 0.314 e. The van der Waals surface area contributed by atoms with Crippen molar-refractivity contribution in [3.05, 3.63) is 34.6 Å². The molecule has 0 aliphatic carbocycles. The first kappa shape index (κ1) is 17.9. The van der Waals surface area contributed by atoms with Gasteiger partial charge in [0, 0.05) is 37.2 Å². The first-order valence-corrected chi connectivity index (χ1v) is 5.96. The highest BCUT2D eigenvalue weighted by Crippen LogP contribution is 2.27. The lowest BCUT2D eigenvalue weighted by atomic mass is 10.1. The van der Waals surface area contributed by atoms with Gasteiger partial charge in [0.1, 0.15) is 5.82 Å². The van der Waals surface area contributed by atoms with Crippen molar-refractivity contribution in [2.24, 2.45) is 0 Å². The zero-order valence-electron chi connectivity index (χ0n) is 10.2. The van der Waals surface area contributed by atoms with E-state index in [1.807, 2.05) is 0 Å². The summed E-state index contributed by atoms with van der Waals surface area (Å²) in [6.07, 6.45) is 0. The molecule has 1 aromatic carbocycles. The first-order chi connectivity index (χ1) is 7.68. The standard InChI is InChI=1S/C12H16ClFN2.2ClH/c1-9(16-6-4-15-5-7-16)11-3-2-10(14)8-12(11)13;;/h2-3,8-9,15H,4-7H2,1H3;2*1H/t9-;;/m0../s1. The van der Waals surface area contributed by atoms with Crippen LogP contribution >= 0.6 is 36.4 Å². The second kappa shape index (κ2) is 8.18. The Hall–Kier alpha value is -0.0600. The van der Waals surface area contributed by atoms with Crippen LogP contribution in [0.1, 0.15) is 18.5 Å². The summed E-state index contributed by atoms with van der Waals surface area (Å²) in [5, 5.41) is 3.83. The molecule has 1 heterocycles. The van der Waals surface area contributed by atoms with Crippen molar-refractivity contribution in [2.45, 2.75) is 13.0 Å². The van der Waals surface area contributed by atoms with Gasteiger partial charge in [-0.3, -0.25) is 4.90 Å². The Kier molecular flexibility index (Phi) is 8.15. The van der Waals surface area contributed by atoms with Crippen LogP contribution < -0.4 is 5.32 Å². The maximum absolute atomic E-state index is 12.9. The Morgan fingerprint density at radius 3 is 2.44 bits per heavy atom. The van der Waals surface area contributed by atoms with Gasteiger partial charge in [-0.05, 0) is 24.6 Å². The minimum Gasteiger partial charge on any atom is -0.314 e. The summed E-state index contributed by atoms with van der Waals surface area (Å²) < 4.78 is 12.9. The Labute approximate surface area is 125 Å². The maximum Gasteiger partial charge on any atom is 0.124 e. The molecule has 0 aromatic heterocycles. The van der Waals surface area contributed by atoms with Crippen molar-refractivity contribution in [2.75, 3.05) is 26.2 Å². The highest BCUT2D eigenvalue weighted by Gasteiger charge is 2.19. The van der Waals surface area contributed by atoms with Crippen LogP contribution in [-0.2, 0) is 0 Å². The summed E-state index contributed by atoms with van der Waals surface area (Å²) in [6.45, 7) is 6.14. The highest BCUT2D eigenvalue weighted by atomic mass is 35.5. The normalized spacial score (nSPS) is 17.5. The van der Waals surface area contributed by atoms with E-state index < -0.39 is 0 Å². The van der Waals surface area contributed by atoms with Gasteiger partial charge >= 0.3 is 0 Å². The van der Waals surface area contributed by atoms with Gasteiger partial charge in [-0.2, -0.15) is 0 Å². The number of hydrogen-bond acceptors (Lipinski definition) is 2. The number of hydrogen-bond donors (Lipinski definition) is 1. The summed E-state index contributed by atoms with van der Waals surface area (Å²) >= 11 is 6.06. The molecule has 1 aliphatic heterocycles. The lowest BCUT2D eigenvalue weighted by Gasteiger charge is -2.33. The zero-order chi connectivity index (χ0) is 11.5. The fraction of sp³-hybridized carbons (Fsp3) is 0.500. The molecule has 1 aliphatic rings. The molecule has 1 atom stereocenters. The van der Waals surface area contributed by atoms with E-state index in [0.29, 0.717) is 5.02 Å². The second-order valence-corrected chi connectivity index (χ2v) is 4.53. The average molecular weight is 316 g/mol. The molecule has 1 aromatic rings. The molecule has 104 valence electrons. The number of halogens is 4. The predicted octanol–water partition coefficient (Wildman–Crippen LogP) is 3.29. The second-order valence-electron chi connectivity index (χ2n) is 4.13. The smallest absolute Gasteiger partial charge is 0.124 e. The fourth-order valence-corrected chi connectivity index (χ4v) is 2.43. The third-order valence-electron chi connectivity index (χ3n) is 3.11. The molecule has 0 unspecified atom stereocenters. The summed E-state index contributed by atoms with van der Waals surface area (Å²) in [4.78, 5) is 2.36. The van der Waals surface area contributed by atoms with Crippen molar-refractivity contribution in [3.8, 4) is 0 Å². The van der Waals surface area contributed by atoms with Crippen LogP contribution in [0.3, 0.4) is 0 Å². The zero-order valence-corrected chi connectivity index (χ0v) is 12.5. The maximum atomic E-state index is 12.9. The molecule has 0 amide bonds. The minimum atomic E-state index is -0.277.